The van der Waals surface area contributed by atoms with Crippen LogP contribution in [-0.4, -0.2) is 30.3 Å². The highest BCUT2D eigenvalue weighted by molar-refractivity contribution is 5.85. The van der Waals surface area contributed by atoms with Gasteiger partial charge in [-0.3, -0.25) is 0 Å². The molecular weight excluding hydrogens is 254 g/mol. The molecule has 0 aliphatic carbocycles. The van der Waals surface area contributed by atoms with Gasteiger partial charge in [0, 0.05) is 12.8 Å². The fourth-order valence-corrected chi connectivity index (χ4v) is 1.62. The monoisotopic (exact) mass is 271 g/mol. The van der Waals surface area contributed by atoms with E-state index in [1.165, 1.54) is 0 Å². The lowest BCUT2D eigenvalue weighted by Crippen LogP contribution is -2.28. The minimum absolute atomic E-state index is 0. The Morgan fingerprint density at radius 2 is 2.39 bits per heavy atom. The van der Waals surface area contributed by atoms with E-state index < -0.39 is 0 Å². The molecule has 0 saturated carbocycles. The molecule has 0 aromatic carbocycles. The zero-order valence-electron chi connectivity index (χ0n) is 10.1. The summed E-state index contributed by atoms with van der Waals surface area (Å²) < 4.78 is 10.9. The summed E-state index contributed by atoms with van der Waals surface area (Å²) in [7, 11) is 0. The molecule has 1 unspecified atom stereocenters. The first-order valence-corrected chi connectivity index (χ1v) is 5.82. The van der Waals surface area contributed by atoms with E-state index in [1.54, 1.807) is 12.3 Å². The van der Waals surface area contributed by atoms with Crippen LogP contribution in [0.1, 0.15) is 19.3 Å². The lowest BCUT2D eigenvalue weighted by molar-refractivity contribution is -0.152. The number of pyridine rings is 1. The van der Waals surface area contributed by atoms with Gasteiger partial charge in [0.25, 0.3) is 0 Å². The van der Waals surface area contributed by atoms with Gasteiger partial charge in [0.05, 0.1) is 0 Å². The summed E-state index contributed by atoms with van der Waals surface area (Å²) in [6.45, 7) is 1.04. The molecule has 1 saturated heterocycles. The number of amidine groups is 1. The molecule has 6 heteroatoms. The van der Waals surface area contributed by atoms with E-state index in [4.69, 9.17) is 15.2 Å². The van der Waals surface area contributed by atoms with E-state index in [-0.39, 0.29) is 25.3 Å². The number of aromatic nitrogens is 1. The summed E-state index contributed by atoms with van der Waals surface area (Å²) in [5, 5.41) is 0. The molecule has 0 bridgehead atoms. The topological polar surface area (TPSA) is 69.7 Å². The standard InChI is InChI=1S/C12H17N3O2.ClH/c13-10(15-11-5-1-3-7-14-11)9-17-12-6-2-4-8-16-12;/h1,3,5,7,12H,2,4,6,8-9H2,(H2,13,14,15);1H. The first-order chi connectivity index (χ1) is 8.34. The number of nitrogens with two attached hydrogens (primary N) is 1. The average Bonchev–Trinajstić information content (AvgIpc) is 2.39. The first-order valence-electron chi connectivity index (χ1n) is 5.82. The largest absolute Gasteiger partial charge is 0.385 e. The summed E-state index contributed by atoms with van der Waals surface area (Å²) in [5.74, 6) is 1.01. The summed E-state index contributed by atoms with van der Waals surface area (Å²) in [4.78, 5) is 8.21. The quantitative estimate of drug-likeness (QED) is 0.672. The number of halogens is 1. The van der Waals surface area contributed by atoms with Crippen molar-refractivity contribution in [1.29, 1.82) is 0 Å². The molecule has 1 aliphatic rings. The third-order valence-electron chi connectivity index (χ3n) is 2.46. The van der Waals surface area contributed by atoms with Crippen molar-refractivity contribution in [2.45, 2.75) is 25.6 Å². The van der Waals surface area contributed by atoms with Crippen molar-refractivity contribution < 1.29 is 9.47 Å². The van der Waals surface area contributed by atoms with Gasteiger partial charge in [-0.1, -0.05) is 6.07 Å². The highest BCUT2D eigenvalue weighted by Crippen LogP contribution is 2.13. The van der Waals surface area contributed by atoms with Crippen LogP contribution in [0.15, 0.2) is 29.4 Å². The number of hydrogen-bond acceptors (Lipinski definition) is 4. The van der Waals surface area contributed by atoms with Gasteiger partial charge >= 0.3 is 0 Å². The summed E-state index contributed by atoms with van der Waals surface area (Å²) in [6.07, 6.45) is 4.72. The van der Waals surface area contributed by atoms with Gasteiger partial charge in [-0.25, -0.2) is 9.98 Å². The van der Waals surface area contributed by atoms with E-state index >= 15 is 0 Å². The highest BCUT2D eigenvalue weighted by atomic mass is 35.5. The molecule has 5 nitrogen and oxygen atoms in total. The normalized spacial score (nSPS) is 20.2. The van der Waals surface area contributed by atoms with Gasteiger partial charge in [-0.15, -0.1) is 12.4 Å². The minimum atomic E-state index is -0.138. The maximum atomic E-state index is 5.75. The number of nitrogens with zero attached hydrogens (tertiary/aromatic N) is 2. The number of hydrogen-bond donors (Lipinski definition) is 1. The molecule has 1 aromatic heterocycles. The SMILES string of the molecule is Cl.N/C(COC1CCCCO1)=N\c1ccccn1. The number of rotatable bonds is 4. The van der Waals surface area contributed by atoms with Crippen LogP contribution < -0.4 is 5.73 Å². The van der Waals surface area contributed by atoms with Crippen molar-refractivity contribution >= 4 is 24.1 Å². The summed E-state index contributed by atoms with van der Waals surface area (Å²) in [6, 6.07) is 5.50. The van der Waals surface area contributed by atoms with Gasteiger partial charge in [0.2, 0.25) is 0 Å². The molecule has 1 fully saturated rings. The molecule has 0 spiro atoms. The molecule has 2 rings (SSSR count). The Kier molecular flexibility index (Phi) is 6.64. The van der Waals surface area contributed by atoms with E-state index in [0.717, 1.165) is 25.9 Å². The van der Waals surface area contributed by atoms with E-state index in [2.05, 4.69) is 9.98 Å². The summed E-state index contributed by atoms with van der Waals surface area (Å²) in [5.41, 5.74) is 5.75. The maximum Gasteiger partial charge on any atom is 0.158 e. The predicted octanol–water partition coefficient (Wildman–Crippen LogP) is 2.04. The third kappa shape index (κ3) is 5.00. The fraction of sp³-hybridized carbons (Fsp3) is 0.500. The first kappa shape index (κ1) is 14.9. The Labute approximate surface area is 113 Å². The van der Waals surface area contributed by atoms with Crippen LogP contribution >= 0.6 is 12.4 Å². The molecule has 0 amide bonds. The van der Waals surface area contributed by atoms with Gasteiger partial charge in [0.1, 0.15) is 12.4 Å². The fourth-order valence-electron chi connectivity index (χ4n) is 1.62. The second-order valence-electron chi connectivity index (χ2n) is 3.90. The van der Waals surface area contributed by atoms with Crippen LogP contribution in [0.3, 0.4) is 0 Å². The van der Waals surface area contributed by atoms with Crippen LogP contribution in [0.5, 0.6) is 0 Å². The Morgan fingerprint density at radius 1 is 1.50 bits per heavy atom. The van der Waals surface area contributed by atoms with Crippen molar-refractivity contribution in [2.24, 2.45) is 10.7 Å². The van der Waals surface area contributed by atoms with Crippen molar-refractivity contribution in [2.75, 3.05) is 13.2 Å². The van der Waals surface area contributed by atoms with Crippen LogP contribution in [-0.2, 0) is 9.47 Å². The lowest BCUT2D eigenvalue weighted by atomic mass is 10.2. The number of aliphatic imine (C=N–C) groups is 1. The Bertz CT molecular complexity index is 367. The Morgan fingerprint density at radius 3 is 3.06 bits per heavy atom. The zero-order chi connectivity index (χ0) is 11.9. The highest BCUT2D eigenvalue weighted by Gasteiger charge is 2.14. The Hall–Kier alpha value is -1.17. The van der Waals surface area contributed by atoms with E-state index in [0.29, 0.717) is 11.7 Å². The lowest BCUT2D eigenvalue weighted by Gasteiger charge is -2.22. The molecule has 2 N–H and O–H groups in total. The van der Waals surface area contributed by atoms with Crippen molar-refractivity contribution in [3.8, 4) is 0 Å². The van der Waals surface area contributed by atoms with Crippen LogP contribution in [0, 0.1) is 0 Å². The van der Waals surface area contributed by atoms with Crippen molar-refractivity contribution in [1.82, 2.24) is 4.98 Å². The van der Waals surface area contributed by atoms with Crippen molar-refractivity contribution in [3.63, 3.8) is 0 Å². The van der Waals surface area contributed by atoms with E-state index in [1.807, 2.05) is 12.1 Å². The molecule has 18 heavy (non-hydrogen) atoms. The smallest absolute Gasteiger partial charge is 0.158 e. The number of ether oxygens (including phenoxy) is 2. The Balaban J connectivity index is 0.00000162. The molecule has 1 aliphatic heterocycles. The van der Waals surface area contributed by atoms with Gasteiger partial charge in [-0.05, 0) is 31.4 Å². The predicted molar refractivity (Wildman–Crippen MR) is 72.3 cm³/mol. The molecule has 1 atom stereocenters. The van der Waals surface area contributed by atoms with Crippen molar-refractivity contribution in [3.05, 3.63) is 24.4 Å². The molecule has 0 radical (unpaired) electrons. The van der Waals surface area contributed by atoms with E-state index in [9.17, 15) is 0 Å². The van der Waals surface area contributed by atoms with Crippen LogP contribution in [0.25, 0.3) is 0 Å². The molecule has 1 aromatic rings. The molecule has 2 heterocycles. The molecular formula is C12H18ClN3O2. The average molecular weight is 272 g/mol. The van der Waals surface area contributed by atoms with Gasteiger partial charge in [0.15, 0.2) is 12.1 Å². The van der Waals surface area contributed by atoms with Gasteiger partial charge < -0.3 is 15.2 Å². The molecule has 100 valence electrons. The second kappa shape index (κ2) is 8.02. The maximum absolute atomic E-state index is 5.75. The zero-order valence-corrected chi connectivity index (χ0v) is 10.9. The minimum Gasteiger partial charge on any atom is -0.385 e. The van der Waals surface area contributed by atoms with Crippen LogP contribution in [0.4, 0.5) is 5.82 Å². The third-order valence-corrected chi connectivity index (χ3v) is 2.46. The van der Waals surface area contributed by atoms with Gasteiger partial charge in [-0.2, -0.15) is 0 Å². The second-order valence-corrected chi connectivity index (χ2v) is 3.90. The van der Waals surface area contributed by atoms with Crippen LogP contribution in [0.2, 0.25) is 0 Å². The summed E-state index contributed by atoms with van der Waals surface area (Å²) >= 11 is 0.